The van der Waals surface area contributed by atoms with Crippen LogP contribution in [0, 0.1) is 5.41 Å². The smallest absolute Gasteiger partial charge is 0.384 e. The average Bonchev–Trinajstić information content (AvgIpc) is 3.01. The summed E-state index contributed by atoms with van der Waals surface area (Å²) in [7, 11) is 4.53. The summed E-state index contributed by atoms with van der Waals surface area (Å²) in [4.78, 5) is 29.7. The summed E-state index contributed by atoms with van der Waals surface area (Å²) in [5.41, 5.74) is -4.30. The maximum atomic E-state index is 13.2. The first kappa shape index (κ1) is 20.6. The van der Waals surface area contributed by atoms with Crippen molar-refractivity contribution >= 4 is 11.2 Å². The Hall–Kier alpha value is -2.14. The van der Waals surface area contributed by atoms with Gasteiger partial charge in [0.05, 0.1) is 12.9 Å². The molecule has 11 heteroatoms. The van der Waals surface area contributed by atoms with Crippen LogP contribution < -0.4 is 11.2 Å². The third kappa shape index (κ3) is 3.16. The molecule has 2 aromatic heterocycles. The second kappa shape index (κ2) is 6.73. The number of aliphatic hydroxyl groups is 1. The number of aryl methyl sites for hydroxylation is 2. The number of nitrogens with zero attached hydrogens (tertiary/aromatic N) is 4. The van der Waals surface area contributed by atoms with Crippen molar-refractivity contribution in [3.8, 4) is 0 Å². The molecule has 0 saturated heterocycles. The molecular weight excluding hydrogens is 381 g/mol. The average molecular weight is 404 g/mol. The minimum Gasteiger partial charge on any atom is -0.384 e. The van der Waals surface area contributed by atoms with Crippen molar-refractivity contribution < 1.29 is 23.0 Å². The first-order valence-electron chi connectivity index (χ1n) is 8.84. The highest BCUT2D eigenvalue weighted by Gasteiger charge is 2.57. The standard InChI is InChI=1S/C17H23F3N4O4/c1-22-10-21-12-11(22)13(25)24(14(26)23(12)2)8-15(9-28-3)4-6-16(27,7-5-15)17(18,19)20/h10,27H,4-9H2,1-3H3. The highest BCUT2D eigenvalue weighted by atomic mass is 19.4. The zero-order chi connectivity index (χ0) is 20.9. The van der Waals surface area contributed by atoms with E-state index >= 15 is 0 Å². The second-order valence-corrected chi connectivity index (χ2v) is 7.72. The predicted octanol–water partition coefficient (Wildman–Crippen LogP) is 0.934. The van der Waals surface area contributed by atoms with Crippen LogP contribution in [-0.2, 0) is 25.4 Å². The summed E-state index contributed by atoms with van der Waals surface area (Å²) in [6.07, 6.45) is -4.39. The quantitative estimate of drug-likeness (QED) is 0.819. The van der Waals surface area contributed by atoms with Gasteiger partial charge in [0.1, 0.15) is 0 Å². The third-order valence-electron chi connectivity index (χ3n) is 5.81. The fourth-order valence-corrected chi connectivity index (χ4v) is 4.00. The molecule has 1 saturated carbocycles. The Labute approximate surface area is 158 Å². The van der Waals surface area contributed by atoms with E-state index in [0.29, 0.717) is 0 Å². The first-order chi connectivity index (χ1) is 12.9. The number of fused-ring (bicyclic) bond motifs is 1. The second-order valence-electron chi connectivity index (χ2n) is 7.72. The van der Waals surface area contributed by atoms with Crippen molar-refractivity contribution in [3.63, 3.8) is 0 Å². The predicted molar refractivity (Wildman–Crippen MR) is 94.0 cm³/mol. The number of aromatic nitrogens is 4. The first-order valence-corrected chi connectivity index (χ1v) is 8.84. The molecule has 1 fully saturated rings. The van der Waals surface area contributed by atoms with Gasteiger partial charge in [0.25, 0.3) is 5.56 Å². The molecule has 0 aliphatic heterocycles. The van der Waals surface area contributed by atoms with Gasteiger partial charge in [-0.15, -0.1) is 0 Å². The van der Waals surface area contributed by atoms with Crippen LogP contribution in [0.3, 0.4) is 0 Å². The van der Waals surface area contributed by atoms with Crippen LogP contribution >= 0.6 is 0 Å². The summed E-state index contributed by atoms with van der Waals surface area (Å²) in [5, 5.41) is 9.97. The lowest BCUT2D eigenvalue weighted by Gasteiger charge is -2.44. The summed E-state index contributed by atoms with van der Waals surface area (Å²) in [6, 6.07) is 0. The number of imidazole rings is 1. The molecule has 0 radical (unpaired) electrons. The van der Waals surface area contributed by atoms with Crippen molar-refractivity contribution in [2.75, 3.05) is 13.7 Å². The molecule has 1 N–H and O–H groups in total. The number of rotatable bonds is 4. The molecule has 1 aliphatic rings. The SMILES string of the molecule is COCC1(Cn2c(=O)c3c(ncn3C)n(C)c2=O)CCC(O)(C(F)(F)F)CC1. The van der Waals surface area contributed by atoms with E-state index in [0.717, 1.165) is 4.57 Å². The molecule has 28 heavy (non-hydrogen) atoms. The highest BCUT2D eigenvalue weighted by Crippen LogP contribution is 2.48. The van der Waals surface area contributed by atoms with Crippen molar-refractivity contribution in [2.24, 2.45) is 19.5 Å². The lowest BCUT2D eigenvalue weighted by atomic mass is 9.68. The minimum absolute atomic E-state index is 0.0319. The normalized spacial score (nSPS) is 26.1. The van der Waals surface area contributed by atoms with Gasteiger partial charge in [0, 0.05) is 33.2 Å². The highest BCUT2D eigenvalue weighted by molar-refractivity contribution is 5.69. The molecule has 0 amide bonds. The summed E-state index contributed by atoms with van der Waals surface area (Å²) < 4.78 is 48.4. The van der Waals surface area contributed by atoms with Gasteiger partial charge >= 0.3 is 11.9 Å². The summed E-state index contributed by atoms with van der Waals surface area (Å²) in [5.74, 6) is 0. The van der Waals surface area contributed by atoms with E-state index in [1.165, 1.54) is 29.6 Å². The van der Waals surface area contributed by atoms with Gasteiger partial charge in [-0.2, -0.15) is 13.2 Å². The maximum Gasteiger partial charge on any atom is 0.417 e. The van der Waals surface area contributed by atoms with E-state index in [4.69, 9.17) is 4.74 Å². The number of halogens is 3. The van der Waals surface area contributed by atoms with Gasteiger partial charge in [-0.3, -0.25) is 13.9 Å². The Balaban J connectivity index is 2.02. The van der Waals surface area contributed by atoms with Gasteiger partial charge in [-0.05, 0) is 25.7 Å². The molecule has 8 nitrogen and oxygen atoms in total. The van der Waals surface area contributed by atoms with E-state index < -0.39 is 41.3 Å². The Morgan fingerprint density at radius 1 is 1.21 bits per heavy atom. The fraction of sp³-hybridized carbons (Fsp3) is 0.706. The molecule has 0 bridgehead atoms. The molecule has 0 unspecified atom stereocenters. The van der Waals surface area contributed by atoms with Crippen LogP contribution in [0.15, 0.2) is 15.9 Å². The van der Waals surface area contributed by atoms with Gasteiger partial charge in [-0.1, -0.05) is 0 Å². The number of ether oxygens (including phenoxy) is 1. The number of hydrogen-bond acceptors (Lipinski definition) is 5. The van der Waals surface area contributed by atoms with Crippen LogP contribution in [0.2, 0.25) is 0 Å². The van der Waals surface area contributed by atoms with Crippen molar-refractivity contribution in [3.05, 3.63) is 27.2 Å². The van der Waals surface area contributed by atoms with E-state index in [1.807, 2.05) is 0 Å². The Kier molecular flexibility index (Phi) is 4.95. The van der Waals surface area contributed by atoms with E-state index in [1.54, 1.807) is 7.05 Å². The third-order valence-corrected chi connectivity index (χ3v) is 5.81. The fourth-order valence-electron chi connectivity index (χ4n) is 4.00. The zero-order valence-electron chi connectivity index (χ0n) is 15.9. The summed E-state index contributed by atoms with van der Waals surface area (Å²) >= 11 is 0. The monoisotopic (exact) mass is 404 g/mol. The van der Waals surface area contributed by atoms with E-state index in [9.17, 15) is 27.9 Å². The molecule has 0 atom stereocenters. The van der Waals surface area contributed by atoms with Crippen LogP contribution in [-0.4, -0.2) is 49.3 Å². The summed E-state index contributed by atoms with van der Waals surface area (Å²) in [6.45, 7) is -0.0264. The lowest BCUT2D eigenvalue weighted by Crippen LogP contribution is -2.53. The zero-order valence-corrected chi connectivity index (χ0v) is 15.9. The Bertz CT molecular complexity index is 997. The van der Waals surface area contributed by atoms with E-state index in [-0.39, 0.29) is 37.2 Å². The maximum absolute atomic E-state index is 13.2. The van der Waals surface area contributed by atoms with Gasteiger partial charge in [0.15, 0.2) is 16.8 Å². The number of hydrogen-bond donors (Lipinski definition) is 1. The lowest BCUT2D eigenvalue weighted by molar-refractivity contribution is -0.277. The Morgan fingerprint density at radius 3 is 2.36 bits per heavy atom. The van der Waals surface area contributed by atoms with Crippen LogP contribution in [0.1, 0.15) is 25.7 Å². The van der Waals surface area contributed by atoms with Crippen molar-refractivity contribution in [2.45, 2.75) is 44.0 Å². The number of alkyl halides is 3. The topological polar surface area (TPSA) is 91.3 Å². The molecule has 1 aliphatic carbocycles. The Morgan fingerprint density at radius 2 is 1.82 bits per heavy atom. The molecule has 0 spiro atoms. The van der Waals surface area contributed by atoms with Crippen molar-refractivity contribution in [1.29, 1.82) is 0 Å². The molecule has 2 heterocycles. The largest absolute Gasteiger partial charge is 0.417 e. The van der Waals surface area contributed by atoms with Crippen molar-refractivity contribution in [1.82, 2.24) is 18.7 Å². The minimum atomic E-state index is -4.73. The molecule has 156 valence electrons. The molecular formula is C17H23F3N4O4. The van der Waals surface area contributed by atoms with Crippen LogP contribution in [0.25, 0.3) is 11.2 Å². The van der Waals surface area contributed by atoms with Crippen LogP contribution in [0.4, 0.5) is 13.2 Å². The van der Waals surface area contributed by atoms with Gasteiger partial charge < -0.3 is 14.4 Å². The molecule has 2 aromatic rings. The number of methoxy groups -OCH3 is 1. The molecule has 3 rings (SSSR count). The van der Waals surface area contributed by atoms with Gasteiger partial charge in [-0.25, -0.2) is 9.78 Å². The van der Waals surface area contributed by atoms with Gasteiger partial charge in [0.2, 0.25) is 0 Å². The van der Waals surface area contributed by atoms with Crippen LogP contribution in [0.5, 0.6) is 0 Å². The van der Waals surface area contributed by atoms with E-state index in [2.05, 4.69) is 4.98 Å². The molecule has 0 aromatic carbocycles.